The number of aromatic nitrogens is 4. The zero-order valence-electron chi connectivity index (χ0n) is 19.7. The summed E-state index contributed by atoms with van der Waals surface area (Å²) in [5, 5.41) is 5.10. The molecule has 2 fully saturated rings. The maximum absolute atomic E-state index is 14.1. The van der Waals surface area contributed by atoms with Gasteiger partial charge in [-0.05, 0) is 56.0 Å². The lowest BCUT2D eigenvalue weighted by Gasteiger charge is -2.55. The second kappa shape index (κ2) is 8.53. The summed E-state index contributed by atoms with van der Waals surface area (Å²) in [4.78, 5) is 25.3. The molecule has 3 heterocycles. The van der Waals surface area contributed by atoms with Gasteiger partial charge in [0.05, 0.1) is 12.6 Å². The molecule has 6 rings (SSSR count). The SMILES string of the molecule is COc1cccc(C(=O)N2c3nc(-c4cccnc4)nn3C3(CCCCC3)C3CCCCC32)c1. The van der Waals surface area contributed by atoms with Crippen LogP contribution in [0.5, 0.6) is 5.75 Å². The number of hydrogen-bond donors (Lipinski definition) is 0. The lowest BCUT2D eigenvalue weighted by molar-refractivity contribution is 0.0314. The van der Waals surface area contributed by atoms with Crippen LogP contribution in [0.4, 0.5) is 5.95 Å². The monoisotopic (exact) mass is 457 g/mol. The molecule has 2 saturated carbocycles. The summed E-state index contributed by atoms with van der Waals surface area (Å²) in [5.74, 6) is 2.40. The number of hydrogen-bond acceptors (Lipinski definition) is 5. The smallest absolute Gasteiger partial charge is 0.261 e. The molecule has 2 unspecified atom stereocenters. The molecule has 3 aliphatic rings. The first-order valence-corrected chi connectivity index (χ1v) is 12.6. The standard InChI is InChI=1S/C27H31N5O2/c1-34-21-11-7-9-19(17-21)25(33)31-23-13-4-3-12-22(23)27(14-5-2-6-15-27)32-26(31)29-24(30-32)20-10-8-16-28-18-20/h7-11,16-18,22-23H,2-6,12-15H2,1H3. The third-order valence-electron chi connectivity index (χ3n) is 8.15. The number of amides is 1. The molecule has 0 bridgehead atoms. The Balaban J connectivity index is 1.53. The Kier molecular flexibility index (Phi) is 5.35. The Labute approximate surface area is 200 Å². The van der Waals surface area contributed by atoms with E-state index in [4.69, 9.17) is 14.8 Å². The van der Waals surface area contributed by atoms with Gasteiger partial charge in [-0.25, -0.2) is 4.68 Å². The molecule has 2 aromatic heterocycles. The van der Waals surface area contributed by atoms with Gasteiger partial charge in [0.2, 0.25) is 5.95 Å². The van der Waals surface area contributed by atoms with Crippen LogP contribution in [-0.4, -0.2) is 38.8 Å². The van der Waals surface area contributed by atoms with Crippen molar-refractivity contribution in [2.24, 2.45) is 5.92 Å². The number of carbonyl (C=O) groups is 1. The number of pyridine rings is 1. The van der Waals surface area contributed by atoms with Crippen LogP contribution < -0.4 is 9.64 Å². The summed E-state index contributed by atoms with van der Waals surface area (Å²) in [6.07, 6.45) is 14.0. The summed E-state index contributed by atoms with van der Waals surface area (Å²) in [6.45, 7) is 0. The zero-order chi connectivity index (χ0) is 23.1. The van der Waals surface area contributed by atoms with Gasteiger partial charge < -0.3 is 4.74 Å². The molecule has 2 atom stereocenters. The molecule has 0 N–H and O–H groups in total. The molecule has 2 aliphatic carbocycles. The minimum Gasteiger partial charge on any atom is -0.497 e. The largest absolute Gasteiger partial charge is 0.497 e. The minimum atomic E-state index is -0.0582. The Morgan fingerprint density at radius 2 is 1.91 bits per heavy atom. The van der Waals surface area contributed by atoms with Gasteiger partial charge in [0.1, 0.15) is 5.75 Å². The number of ether oxygens (including phenoxy) is 1. The number of fused-ring (bicyclic) bond motifs is 4. The van der Waals surface area contributed by atoms with Crippen LogP contribution in [0, 0.1) is 5.92 Å². The number of methoxy groups -OCH3 is 1. The first-order chi connectivity index (χ1) is 16.7. The molecule has 0 radical (unpaired) electrons. The van der Waals surface area contributed by atoms with E-state index in [0.29, 0.717) is 29.0 Å². The van der Waals surface area contributed by atoms with Crippen molar-refractivity contribution < 1.29 is 9.53 Å². The summed E-state index contributed by atoms with van der Waals surface area (Å²) in [5.41, 5.74) is 1.45. The van der Waals surface area contributed by atoms with Crippen molar-refractivity contribution in [3.05, 3.63) is 54.4 Å². The molecule has 7 heteroatoms. The third kappa shape index (κ3) is 3.32. The highest BCUT2D eigenvalue weighted by Gasteiger charge is 2.55. The van der Waals surface area contributed by atoms with Gasteiger partial charge in [-0.3, -0.25) is 14.7 Å². The van der Waals surface area contributed by atoms with Gasteiger partial charge in [0.25, 0.3) is 5.91 Å². The van der Waals surface area contributed by atoms with E-state index in [9.17, 15) is 4.79 Å². The van der Waals surface area contributed by atoms with Crippen LogP contribution >= 0.6 is 0 Å². The van der Waals surface area contributed by atoms with Crippen LogP contribution in [-0.2, 0) is 5.54 Å². The number of nitrogens with zero attached hydrogens (tertiary/aromatic N) is 5. The van der Waals surface area contributed by atoms with E-state index in [0.717, 1.165) is 37.7 Å². The van der Waals surface area contributed by atoms with Crippen LogP contribution in [0.15, 0.2) is 48.8 Å². The van der Waals surface area contributed by atoms with Crippen LogP contribution in [0.2, 0.25) is 0 Å². The molecule has 1 aliphatic heterocycles. The van der Waals surface area contributed by atoms with E-state index < -0.39 is 0 Å². The second-order valence-corrected chi connectivity index (χ2v) is 9.92. The summed E-state index contributed by atoms with van der Waals surface area (Å²) in [7, 11) is 1.63. The topological polar surface area (TPSA) is 73.1 Å². The van der Waals surface area contributed by atoms with Crippen molar-refractivity contribution in [2.75, 3.05) is 12.0 Å². The van der Waals surface area contributed by atoms with Crippen molar-refractivity contribution in [1.82, 2.24) is 19.7 Å². The van der Waals surface area contributed by atoms with Gasteiger partial charge in [0.15, 0.2) is 5.82 Å². The molecule has 0 saturated heterocycles. The Morgan fingerprint density at radius 3 is 2.71 bits per heavy atom. The van der Waals surface area contributed by atoms with Crippen molar-refractivity contribution >= 4 is 11.9 Å². The molecule has 7 nitrogen and oxygen atoms in total. The number of anilines is 1. The van der Waals surface area contributed by atoms with Gasteiger partial charge in [0, 0.05) is 35.5 Å². The predicted octanol–water partition coefficient (Wildman–Crippen LogP) is 5.23. The average molecular weight is 458 g/mol. The molecular weight excluding hydrogens is 426 g/mol. The van der Waals surface area contributed by atoms with Crippen molar-refractivity contribution in [2.45, 2.75) is 69.4 Å². The van der Waals surface area contributed by atoms with Crippen molar-refractivity contribution in [3.8, 4) is 17.1 Å². The summed E-state index contributed by atoms with van der Waals surface area (Å²) >= 11 is 0. The number of benzene rings is 1. The highest BCUT2D eigenvalue weighted by Crippen LogP contribution is 2.53. The Morgan fingerprint density at radius 1 is 1.06 bits per heavy atom. The molecule has 176 valence electrons. The highest BCUT2D eigenvalue weighted by molar-refractivity contribution is 6.06. The normalized spacial score (nSPS) is 23.3. The maximum Gasteiger partial charge on any atom is 0.261 e. The Hall–Kier alpha value is -3.22. The Bertz CT molecular complexity index is 1180. The van der Waals surface area contributed by atoms with Gasteiger partial charge in [-0.15, -0.1) is 5.10 Å². The summed E-state index contributed by atoms with van der Waals surface area (Å²) in [6, 6.07) is 11.5. The number of rotatable bonds is 3. The minimum absolute atomic E-state index is 0.0205. The van der Waals surface area contributed by atoms with E-state index in [1.54, 1.807) is 19.5 Å². The fourth-order valence-electron chi connectivity index (χ4n) is 6.61. The predicted molar refractivity (Wildman–Crippen MR) is 130 cm³/mol. The quantitative estimate of drug-likeness (QED) is 0.539. The lowest BCUT2D eigenvalue weighted by atomic mass is 9.64. The van der Waals surface area contributed by atoms with E-state index in [1.165, 1.54) is 25.7 Å². The highest BCUT2D eigenvalue weighted by atomic mass is 16.5. The van der Waals surface area contributed by atoms with Gasteiger partial charge >= 0.3 is 0 Å². The molecule has 1 spiro atoms. The van der Waals surface area contributed by atoms with E-state index in [2.05, 4.69) is 9.67 Å². The van der Waals surface area contributed by atoms with Crippen molar-refractivity contribution in [1.29, 1.82) is 0 Å². The van der Waals surface area contributed by atoms with Crippen LogP contribution in [0.1, 0.15) is 68.1 Å². The second-order valence-electron chi connectivity index (χ2n) is 9.92. The molecule has 3 aromatic rings. The van der Waals surface area contributed by atoms with Gasteiger partial charge in [-0.1, -0.05) is 38.2 Å². The van der Waals surface area contributed by atoms with E-state index in [1.807, 2.05) is 41.3 Å². The lowest BCUT2D eigenvalue weighted by Crippen LogP contribution is -2.61. The van der Waals surface area contributed by atoms with E-state index >= 15 is 0 Å². The average Bonchev–Trinajstić information content (AvgIpc) is 3.36. The molecule has 34 heavy (non-hydrogen) atoms. The van der Waals surface area contributed by atoms with Crippen LogP contribution in [0.25, 0.3) is 11.4 Å². The first kappa shape index (κ1) is 21.3. The first-order valence-electron chi connectivity index (χ1n) is 12.6. The molecule has 1 aromatic carbocycles. The zero-order valence-corrected chi connectivity index (χ0v) is 19.7. The fourth-order valence-corrected chi connectivity index (χ4v) is 6.61. The van der Waals surface area contributed by atoms with Crippen molar-refractivity contribution in [3.63, 3.8) is 0 Å². The van der Waals surface area contributed by atoms with Crippen LogP contribution in [0.3, 0.4) is 0 Å². The van der Waals surface area contributed by atoms with Gasteiger partial charge in [-0.2, -0.15) is 4.98 Å². The third-order valence-corrected chi connectivity index (χ3v) is 8.15. The maximum atomic E-state index is 14.1. The molecular formula is C27H31N5O2. The fraction of sp³-hybridized carbons (Fsp3) is 0.481. The number of carbonyl (C=O) groups excluding carboxylic acids is 1. The van der Waals surface area contributed by atoms with E-state index in [-0.39, 0.29) is 17.5 Å². The summed E-state index contributed by atoms with van der Waals surface area (Å²) < 4.78 is 7.56. The molecule has 1 amide bonds.